The van der Waals surface area contributed by atoms with Crippen LogP contribution in [0.5, 0.6) is 11.5 Å². The Hall–Kier alpha value is -2.16. The Morgan fingerprint density at radius 1 is 1.19 bits per heavy atom. The van der Waals surface area contributed by atoms with Crippen LogP contribution in [0, 0.1) is 0 Å². The first kappa shape index (κ1) is 22.9. The fourth-order valence-corrected chi connectivity index (χ4v) is 2.74. The molecule has 0 fully saturated rings. The summed E-state index contributed by atoms with van der Waals surface area (Å²) in [5.41, 5.74) is 2.14. The molecule has 1 aromatic carbocycles. The number of guanidine groups is 1. The Labute approximate surface area is 178 Å². The number of ether oxygens (including phenoxy) is 2. The average Bonchev–Trinajstić information content (AvgIpc) is 3.17. The number of benzene rings is 1. The predicted molar refractivity (Wildman–Crippen MR) is 121 cm³/mol. The Morgan fingerprint density at radius 2 is 1.93 bits per heavy atom. The van der Waals surface area contributed by atoms with Crippen molar-refractivity contribution in [3.8, 4) is 11.5 Å². The maximum Gasteiger partial charge on any atom is 0.191 e. The minimum atomic E-state index is 0. The zero-order valence-corrected chi connectivity index (χ0v) is 18.5. The van der Waals surface area contributed by atoms with E-state index in [1.54, 1.807) is 21.3 Å². The molecule has 0 saturated carbocycles. The van der Waals surface area contributed by atoms with E-state index >= 15 is 0 Å². The van der Waals surface area contributed by atoms with Crippen LogP contribution in [0.1, 0.15) is 11.1 Å². The van der Waals surface area contributed by atoms with E-state index in [1.165, 1.54) is 0 Å². The summed E-state index contributed by atoms with van der Waals surface area (Å²) in [5, 5.41) is 6.65. The fraction of sp³-hybridized carbons (Fsp3) is 0.350. The number of nitrogens with one attached hydrogen (secondary N) is 2. The average molecular weight is 484 g/mol. The van der Waals surface area contributed by atoms with Crippen LogP contribution in [0.3, 0.4) is 0 Å². The third kappa shape index (κ3) is 6.82. The van der Waals surface area contributed by atoms with Crippen LogP contribution in [-0.2, 0) is 19.5 Å². The van der Waals surface area contributed by atoms with Crippen molar-refractivity contribution in [1.82, 2.24) is 15.2 Å². The number of halogens is 1. The van der Waals surface area contributed by atoms with Crippen molar-refractivity contribution < 1.29 is 9.47 Å². The van der Waals surface area contributed by atoms with Gasteiger partial charge in [0.1, 0.15) is 0 Å². The monoisotopic (exact) mass is 484 g/mol. The summed E-state index contributed by atoms with van der Waals surface area (Å²) in [5.74, 6) is 2.24. The molecule has 0 aliphatic carbocycles. The summed E-state index contributed by atoms with van der Waals surface area (Å²) in [6.07, 6.45) is 6.67. The smallest absolute Gasteiger partial charge is 0.191 e. The molecule has 1 heterocycles. The molecule has 0 aliphatic heterocycles. The second-order valence-electron chi connectivity index (χ2n) is 5.76. The molecule has 7 heteroatoms. The van der Waals surface area contributed by atoms with Crippen LogP contribution in [0.15, 0.2) is 54.3 Å². The molecule has 0 aliphatic rings. The third-order valence-corrected chi connectivity index (χ3v) is 3.99. The van der Waals surface area contributed by atoms with E-state index in [1.807, 2.05) is 36.7 Å². The van der Waals surface area contributed by atoms with Crippen molar-refractivity contribution in [2.24, 2.45) is 4.99 Å². The first-order chi connectivity index (χ1) is 12.7. The van der Waals surface area contributed by atoms with E-state index in [9.17, 15) is 0 Å². The Bertz CT molecular complexity index is 730. The van der Waals surface area contributed by atoms with E-state index in [0.29, 0.717) is 6.54 Å². The molecular weight excluding hydrogens is 455 g/mol. The van der Waals surface area contributed by atoms with E-state index in [2.05, 4.69) is 32.8 Å². The van der Waals surface area contributed by atoms with Crippen molar-refractivity contribution >= 4 is 29.9 Å². The summed E-state index contributed by atoms with van der Waals surface area (Å²) in [6.45, 7) is 6.12. The highest BCUT2D eigenvalue weighted by Crippen LogP contribution is 2.33. The second-order valence-corrected chi connectivity index (χ2v) is 5.76. The number of aliphatic imine (C=N–C) groups is 1. The number of hydrogen-bond acceptors (Lipinski definition) is 3. The molecule has 148 valence electrons. The van der Waals surface area contributed by atoms with E-state index in [0.717, 1.165) is 48.1 Å². The number of aromatic nitrogens is 1. The van der Waals surface area contributed by atoms with E-state index < -0.39 is 0 Å². The zero-order valence-electron chi connectivity index (χ0n) is 16.2. The molecule has 0 bridgehead atoms. The van der Waals surface area contributed by atoms with Gasteiger partial charge in [-0.3, -0.25) is 4.99 Å². The summed E-state index contributed by atoms with van der Waals surface area (Å²) in [4.78, 5) is 4.27. The van der Waals surface area contributed by atoms with Gasteiger partial charge >= 0.3 is 0 Å². The van der Waals surface area contributed by atoms with Crippen molar-refractivity contribution in [3.63, 3.8) is 0 Å². The molecule has 6 nitrogen and oxygen atoms in total. The normalized spacial score (nSPS) is 10.7. The summed E-state index contributed by atoms with van der Waals surface area (Å²) in [6, 6.07) is 8.12. The van der Waals surface area contributed by atoms with E-state index in [4.69, 9.17) is 9.47 Å². The molecule has 27 heavy (non-hydrogen) atoms. The Kier molecular flexibility index (Phi) is 10.4. The first-order valence-corrected chi connectivity index (χ1v) is 8.61. The first-order valence-electron chi connectivity index (χ1n) is 8.61. The van der Waals surface area contributed by atoms with Crippen LogP contribution < -0.4 is 20.1 Å². The Balaban J connectivity index is 0.00000364. The van der Waals surface area contributed by atoms with Crippen LogP contribution >= 0.6 is 24.0 Å². The van der Waals surface area contributed by atoms with Crippen molar-refractivity contribution in [2.45, 2.75) is 19.5 Å². The lowest BCUT2D eigenvalue weighted by atomic mass is 10.1. The highest BCUT2D eigenvalue weighted by atomic mass is 127. The number of hydrogen-bond donors (Lipinski definition) is 2. The summed E-state index contributed by atoms with van der Waals surface area (Å²) >= 11 is 0. The van der Waals surface area contributed by atoms with Gasteiger partial charge in [0.05, 0.1) is 14.2 Å². The molecule has 0 saturated heterocycles. The molecule has 0 amide bonds. The zero-order chi connectivity index (χ0) is 18.8. The van der Waals surface area contributed by atoms with Crippen LogP contribution in [0.2, 0.25) is 0 Å². The third-order valence-electron chi connectivity index (χ3n) is 3.99. The van der Waals surface area contributed by atoms with Gasteiger partial charge in [-0.1, -0.05) is 6.08 Å². The van der Waals surface area contributed by atoms with Gasteiger partial charge in [0, 0.05) is 44.6 Å². The molecule has 0 radical (unpaired) electrons. The van der Waals surface area contributed by atoms with Crippen LogP contribution in [0.25, 0.3) is 0 Å². The van der Waals surface area contributed by atoms with Gasteiger partial charge in [-0.25, -0.2) is 0 Å². The van der Waals surface area contributed by atoms with Crippen molar-refractivity contribution in [1.29, 1.82) is 0 Å². The highest BCUT2D eigenvalue weighted by Gasteiger charge is 2.12. The minimum absolute atomic E-state index is 0. The molecule has 0 spiro atoms. The summed E-state index contributed by atoms with van der Waals surface area (Å²) < 4.78 is 13.1. The number of rotatable bonds is 9. The van der Waals surface area contributed by atoms with Crippen molar-refractivity contribution in [3.05, 3.63) is 60.4 Å². The largest absolute Gasteiger partial charge is 0.493 e. The van der Waals surface area contributed by atoms with Gasteiger partial charge in [0.2, 0.25) is 0 Å². The number of nitrogens with zero attached hydrogens (tertiary/aromatic N) is 2. The number of allylic oxidation sites excluding steroid dienone is 1. The highest BCUT2D eigenvalue weighted by molar-refractivity contribution is 14.0. The minimum Gasteiger partial charge on any atom is -0.493 e. The molecule has 1 aromatic heterocycles. The molecule has 0 unspecified atom stereocenters. The second kappa shape index (κ2) is 12.3. The maximum atomic E-state index is 5.48. The van der Waals surface area contributed by atoms with Crippen LogP contribution in [0.4, 0.5) is 0 Å². The van der Waals surface area contributed by atoms with Gasteiger partial charge in [0.25, 0.3) is 0 Å². The molecular formula is C20H29IN4O2. The van der Waals surface area contributed by atoms with Gasteiger partial charge in [-0.05, 0) is 36.2 Å². The lowest BCUT2D eigenvalue weighted by Gasteiger charge is -2.16. The SMILES string of the molecule is C=CCc1cc(CNC(=NC)NCCn2cccc2)cc(OC)c1OC.I. The van der Waals surface area contributed by atoms with Gasteiger partial charge in [-0.2, -0.15) is 0 Å². The fourth-order valence-electron chi connectivity index (χ4n) is 2.74. The topological polar surface area (TPSA) is 59.8 Å². The van der Waals surface area contributed by atoms with Gasteiger partial charge < -0.3 is 24.7 Å². The molecule has 2 N–H and O–H groups in total. The lowest BCUT2D eigenvalue weighted by Crippen LogP contribution is -2.38. The molecule has 2 aromatic rings. The van der Waals surface area contributed by atoms with E-state index in [-0.39, 0.29) is 24.0 Å². The molecule has 0 atom stereocenters. The standard InChI is InChI=1S/C20H28N4O2.HI/c1-5-8-17-13-16(14-18(25-3)19(17)26-4)15-23-20(21-2)22-9-12-24-10-6-7-11-24;/h5-7,10-11,13-14H,1,8-9,12,15H2,2-4H3,(H2,21,22,23);1H. The van der Waals surface area contributed by atoms with Crippen LogP contribution in [-0.4, -0.2) is 38.3 Å². The lowest BCUT2D eigenvalue weighted by molar-refractivity contribution is 0.352. The predicted octanol–water partition coefficient (Wildman–Crippen LogP) is 3.22. The quantitative estimate of drug-likeness (QED) is 0.249. The maximum absolute atomic E-state index is 5.48. The number of methoxy groups -OCH3 is 2. The van der Waals surface area contributed by atoms with Crippen molar-refractivity contribution in [2.75, 3.05) is 27.8 Å². The summed E-state index contributed by atoms with van der Waals surface area (Å²) in [7, 11) is 5.07. The van der Waals surface area contributed by atoms with Gasteiger partial charge in [-0.15, -0.1) is 30.6 Å². The Morgan fingerprint density at radius 3 is 2.52 bits per heavy atom. The molecule has 2 rings (SSSR count). The van der Waals surface area contributed by atoms with Gasteiger partial charge in [0.15, 0.2) is 17.5 Å².